The van der Waals surface area contributed by atoms with Crippen molar-refractivity contribution in [3.8, 4) is 16.5 Å². The maximum absolute atomic E-state index is 12.3. The molecular formula is C17H17N3O3S2. The molecule has 2 aromatic heterocycles. The van der Waals surface area contributed by atoms with E-state index in [1.807, 2.05) is 20.8 Å². The summed E-state index contributed by atoms with van der Waals surface area (Å²) in [5.41, 5.74) is 1.50. The van der Waals surface area contributed by atoms with Crippen LogP contribution in [0.2, 0.25) is 0 Å². The molecule has 0 amide bonds. The average Bonchev–Trinajstić information content (AvgIpc) is 3.19. The van der Waals surface area contributed by atoms with E-state index in [1.165, 1.54) is 23.1 Å². The lowest BCUT2D eigenvalue weighted by molar-refractivity contribution is 0.102. The van der Waals surface area contributed by atoms with Crippen LogP contribution in [0.3, 0.4) is 0 Å². The summed E-state index contributed by atoms with van der Waals surface area (Å²) >= 11 is 2.74. The number of thioether (sulfide) groups is 1. The first-order valence-electron chi connectivity index (χ1n) is 7.73. The molecule has 0 bridgehead atoms. The van der Waals surface area contributed by atoms with Gasteiger partial charge in [-0.15, -0.1) is 21.5 Å². The fraction of sp³-hybridized carbons (Fsp3) is 0.294. The Balaban J connectivity index is 1.62. The molecule has 0 unspecified atom stereocenters. The molecule has 0 saturated heterocycles. The summed E-state index contributed by atoms with van der Waals surface area (Å²) in [5.74, 6) is 1.43. The van der Waals surface area contributed by atoms with Crippen molar-refractivity contribution < 1.29 is 13.9 Å². The maximum Gasteiger partial charge on any atom is 0.277 e. The number of carbonyl (C=O) groups is 1. The smallest absolute Gasteiger partial charge is 0.277 e. The van der Waals surface area contributed by atoms with Crippen LogP contribution in [-0.4, -0.2) is 33.3 Å². The van der Waals surface area contributed by atoms with Crippen molar-refractivity contribution in [2.45, 2.75) is 26.0 Å². The van der Waals surface area contributed by atoms with Gasteiger partial charge < -0.3 is 9.15 Å². The van der Waals surface area contributed by atoms with Gasteiger partial charge in [-0.2, -0.15) is 0 Å². The lowest BCUT2D eigenvalue weighted by atomic mass is 10.1. The van der Waals surface area contributed by atoms with Crippen LogP contribution in [-0.2, 0) is 0 Å². The van der Waals surface area contributed by atoms with Crippen molar-refractivity contribution in [1.82, 2.24) is 15.2 Å². The quantitative estimate of drug-likeness (QED) is 0.453. The number of carbonyl (C=O) groups excluding carboxylic acids is 1. The standard InChI is InChI=1S/C17H17N3O3S2/c1-4-22-13-7-5-12(6-8-13)14(21)9-24-17-20-19-16(23-17)15-10(2)18-11(3)25-15/h5-8H,4,9H2,1-3H3. The number of thiazole rings is 1. The highest BCUT2D eigenvalue weighted by atomic mass is 32.2. The Morgan fingerprint density at radius 1 is 1.24 bits per heavy atom. The zero-order chi connectivity index (χ0) is 17.8. The van der Waals surface area contributed by atoms with Crippen LogP contribution in [0.5, 0.6) is 5.75 Å². The Kier molecular flexibility index (Phi) is 5.50. The topological polar surface area (TPSA) is 78.1 Å². The van der Waals surface area contributed by atoms with Crippen LogP contribution >= 0.6 is 23.1 Å². The van der Waals surface area contributed by atoms with E-state index in [9.17, 15) is 4.79 Å². The van der Waals surface area contributed by atoms with Gasteiger partial charge in [-0.05, 0) is 45.0 Å². The number of nitrogens with zero attached hydrogens (tertiary/aromatic N) is 3. The first-order chi connectivity index (χ1) is 12.1. The fourth-order valence-corrected chi connectivity index (χ4v) is 3.70. The monoisotopic (exact) mass is 375 g/mol. The highest BCUT2D eigenvalue weighted by Crippen LogP contribution is 2.30. The van der Waals surface area contributed by atoms with Crippen LogP contribution in [0, 0.1) is 13.8 Å². The van der Waals surface area contributed by atoms with Gasteiger partial charge in [-0.3, -0.25) is 4.79 Å². The minimum Gasteiger partial charge on any atom is -0.494 e. The molecule has 3 rings (SSSR count). The minimum absolute atomic E-state index is 0.00221. The molecule has 25 heavy (non-hydrogen) atoms. The van der Waals surface area contributed by atoms with Gasteiger partial charge in [0.2, 0.25) is 0 Å². The molecule has 8 heteroatoms. The van der Waals surface area contributed by atoms with E-state index < -0.39 is 0 Å². The lowest BCUT2D eigenvalue weighted by Gasteiger charge is -2.03. The zero-order valence-electron chi connectivity index (χ0n) is 14.1. The van der Waals surface area contributed by atoms with Crippen LogP contribution in [0.15, 0.2) is 33.9 Å². The van der Waals surface area contributed by atoms with Gasteiger partial charge in [0.05, 0.1) is 23.1 Å². The first kappa shape index (κ1) is 17.6. The van der Waals surface area contributed by atoms with Crippen molar-refractivity contribution in [2.75, 3.05) is 12.4 Å². The second kappa shape index (κ2) is 7.79. The molecule has 0 spiro atoms. The van der Waals surface area contributed by atoms with Crippen LogP contribution in [0.25, 0.3) is 10.8 Å². The number of hydrogen-bond acceptors (Lipinski definition) is 8. The number of ketones is 1. The van der Waals surface area contributed by atoms with Crippen LogP contribution in [0.4, 0.5) is 0 Å². The number of hydrogen-bond donors (Lipinski definition) is 0. The first-order valence-corrected chi connectivity index (χ1v) is 9.53. The molecule has 0 saturated carbocycles. The Labute approximate surface area is 153 Å². The Morgan fingerprint density at radius 2 is 2.00 bits per heavy atom. The second-order valence-electron chi connectivity index (χ2n) is 5.19. The molecule has 0 aliphatic carbocycles. The molecule has 0 atom stereocenters. The van der Waals surface area contributed by atoms with E-state index in [1.54, 1.807) is 24.3 Å². The van der Waals surface area contributed by atoms with Crippen molar-refractivity contribution in [3.63, 3.8) is 0 Å². The van der Waals surface area contributed by atoms with Crippen molar-refractivity contribution >= 4 is 28.9 Å². The maximum atomic E-state index is 12.3. The highest BCUT2D eigenvalue weighted by molar-refractivity contribution is 7.99. The van der Waals surface area contributed by atoms with Gasteiger partial charge in [-0.25, -0.2) is 4.98 Å². The molecule has 0 aliphatic heterocycles. The molecule has 0 radical (unpaired) electrons. The molecule has 0 N–H and O–H groups in total. The summed E-state index contributed by atoms with van der Waals surface area (Å²) in [7, 11) is 0. The predicted octanol–water partition coefficient (Wildman–Crippen LogP) is 4.18. The number of rotatable bonds is 7. The molecule has 2 heterocycles. The summed E-state index contributed by atoms with van der Waals surface area (Å²) in [6.45, 7) is 6.36. The largest absolute Gasteiger partial charge is 0.494 e. The number of ether oxygens (including phenoxy) is 1. The van der Waals surface area contributed by atoms with Crippen molar-refractivity contribution in [1.29, 1.82) is 0 Å². The Bertz CT molecular complexity index is 872. The third kappa shape index (κ3) is 4.26. The fourth-order valence-electron chi connectivity index (χ4n) is 2.20. The normalized spacial score (nSPS) is 10.8. The molecule has 0 aliphatic rings. The number of benzene rings is 1. The third-order valence-electron chi connectivity index (χ3n) is 3.32. The van der Waals surface area contributed by atoms with Gasteiger partial charge in [0, 0.05) is 5.56 Å². The predicted molar refractivity (Wildman–Crippen MR) is 97.5 cm³/mol. The second-order valence-corrected chi connectivity index (χ2v) is 7.32. The molecule has 1 aromatic carbocycles. The van der Waals surface area contributed by atoms with Gasteiger partial charge in [0.1, 0.15) is 10.6 Å². The number of aromatic nitrogens is 3. The molecule has 130 valence electrons. The third-order valence-corrected chi connectivity index (χ3v) is 5.20. The summed E-state index contributed by atoms with van der Waals surface area (Å²) in [4.78, 5) is 17.5. The summed E-state index contributed by atoms with van der Waals surface area (Å²) in [5, 5.41) is 9.37. The SMILES string of the molecule is CCOc1ccc(C(=O)CSc2nnc(-c3sc(C)nc3C)o2)cc1. The van der Waals surface area contributed by atoms with E-state index >= 15 is 0 Å². The molecular weight excluding hydrogens is 358 g/mol. The van der Waals surface area contributed by atoms with Gasteiger partial charge in [-0.1, -0.05) is 11.8 Å². The number of Topliss-reactive ketones (excluding diaryl/α,β-unsaturated/α-hetero) is 1. The van der Waals surface area contributed by atoms with Crippen LogP contribution in [0.1, 0.15) is 28.0 Å². The van der Waals surface area contributed by atoms with E-state index in [4.69, 9.17) is 9.15 Å². The van der Waals surface area contributed by atoms with E-state index in [0.717, 1.165) is 21.3 Å². The Morgan fingerprint density at radius 3 is 2.64 bits per heavy atom. The number of aryl methyl sites for hydroxylation is 2. The molecule has 0 fully saturated rings. The molecule has 3 aromatic rings. The van der Waals surface area contributed by atoms with E-state index in [-0.39, 0.29) is 11.5 Å². The van der Waals surface area contributed by atoms with Gasteiger partial charge >= 0.3 is 0 Å². The minimum atomic E-state index is -0.00221. The van der Waals surface area contributed by atoms with Gasteiger partial charge in [0.15, 0.2) is 5.78 Å². The average molecular weight is 375 g/mol. The van der Waals surface area contributed by atoms with Crippen LogP contribution < -0.4 is 4.74 Å². The summed E-state index contributed by atoms with van der Waals surface area (Å²) in [6.07, 6.45) is 0. The molecule has 6 nitrogen and oxygen atoms in total. The zero-order valence-corrected chi connectivity index (χ0v) is 15.7. The van der Waals surface area contributed by atoms with Gasteiger partial charge in [0.25, 0.3) is 11.1 Å². The van der Waals surface area contributed by atoms with Crippen molar-refractivity contribution in [2.24, 2.45) is 0 Å². The lowest BCUT2D eigenvalue weighted by Crippen LogP contribution is -2.02. The Hall–Kier alpha value is -2.19. The highest BCUT2D eigenvalue weighted by Gasteiger charge is 2.16. The van der Waals surface area contributed by atoms with E-state index in [2.05, 4.69) is 15.2 Å². The van der Waals surface area contributed by atoms with Crippen molar-refractivity contribution in [3.05, 3.63) is 40.5 Å². The van der Waals surface area contributed by atoms with E-state index in [0.29, 0.717) is 23.3 Å². The summed E-state index contributed by atoms with van der Waals surface area (Å²) < 4.78 is 11.0. The summed E-state index contributed by atoms with van der Waals surface area (Å²) in [6, 6.07) is 7.11.